The molecule has 0 radical (unpaired) electrons. The summed E-state index contributed by atoms with van der Waals surface area (Å²) in [7, 11) is 1.72. The molecule has 0 aromatic rings. The van der Waals surface area contributed by atoms with Crippen LogP contribution in [0.1, 0.15) is 44.9 Å². The Morgan fingerprint density at radius 2 is 2.00 bits per heavy atom. The van der Waals surface area contributed by atoms with Gasteiger partial charge in [0.15, 0.2) is 0 Å². The Bertz CT molecular complexity index is 177. The highest BCUT2D eigenvalue weighted by Gasteiger charge is 2.31. The minimum atomic E-state index is -0.00319. The van der Waals surface area contributed by atoms with E-state index in [-0.39, 0.29) is 5.41 Å². The molecule has 0 aromatic carbocycles. The third-order valence-electron chi connectivity index (χ3n) is 3.05. The highest BCUT2D eigenvalue weighted by molar-refractivity contribution is 5.00. The van der Waals surface area contributed by atoms with Crippen molar-refractivity contribution in [3.05, 3.63) is 0 Å². The maximum absolute atomic E-state index is 9.15. The SMILES string of the molecule is COCCCC1(C#N)CCCCC1. The lowest BCUT2D eigenvalue weighted by atomic mass is 9.72. The summed E-state index contributed by atoms with van der Waals surface area (Å²) >= 11 is 0. The summed E-state index contributed by atoms with van der Waals surface area (Å²) in [5, 5.41) is 9.15. The molecule has 1 aliphatic carbocycles. The molecule has 0 N–H and O–H groups in total. The van der Waals surface area contributed by atoms with Crippen LogP contribution in [0, 0.1) is 16.7 Å². The van der Waals surface area contributed by atoms with Gasteiger partial charge in [0.2, 0.25) is 0 Å². The lowest BCUT2D eigenvalue weighted by Gasteiger charge is -2.30. The van der Waals surface area contributed by atoms with E-state index in [4.69, 9.17) is 10.00 Å². The molecular formula is C11H19NO. The van der Waals surface area contributed by atoms with Crippen molar-refractivity contribution in [2.45, 2.75) is 44.9 Å². The first-order valence-electron chi connectivity index (χ1n) is 5.23. The van der Waals surface area contributed by atoms with Crippen molar-refractivity contribution in [1.29, 1.82) is 5.26 Å². The third-order valence-corrected chi connectivity index (χ3v) is 3.05. The molecule has 0 aliphatic heterocycles. The summed E-state index contributed by atoms with van der Waals surface area (Å²) in [6, 6.07) is 2.52. The van der Waals surface area contributed by atoms with Crippen molar-refractivity contribution in [2.24, 2.45) is 5.41 Å². The minimum Gasteiger partial charge on any atom is -0.385 e. The number of hydrogen-bond acceptors (Lipinski definition) is 2. The molecule has 74 valence electrons. The molecule has 0 unspecified atom stereocenters. The molecule has 2 nitrogen and oxygen atoms in total. The van der Waals surface area contributed by atoms with Crippen LogP contribution in [0.2, 0.25) is 0 Å². The van der Waals surface area contributed by atoms with Gasteiger partial charge < -0.3 is 4.74 Å². The van der Waals surface area contributed by atoms with Gasteiger partial charge in [0.1, 0.15) is 0 Å². The van der Waals surface area contributed by atoms with Crippen LogP contribution in [0.15, 0.2) is 0 Å². The second kappa shape index (κ2) is 5.24. The standard InChI is InChI=1S/C11H19NO/c1-13-9-5-8-11(10-12)6-3-2-4-7-11/h2-9H2,1H3. The summed E-state index contributed by atoms with van der Waals surface area (Å²) in [6.07, 6.45) is 8.05. The van der Waals surface area contributed by atoms with Crippen LogP contribution in [0.25, 0.3) is 0 Å². The molecule has 1 aliphatic rings. The highest BCUT2D eigenvalue weighted by Crippen LogP contribution is 2.39. The van der Waals surface area contributed by atoms with E-state index in [0.29, 0.717) is 0 Å². The number of nitriles is 1. The van der Waals surface area contributed by atoms with Gasteiger partial charge in [-0.1, -0.05) is 19.3 Å². The van der Waals surface area contributed by atoms with Crippen LogP contribution in [0.3, 0.4) is 0 Å². The Balaban J connectivity index is 2.35. The van der Waals surface area contributed by atoms with E-state index in [1.54, 1.807) is 7.11 Å². The van der Waals surface area contributed by atoms with E-state index >= 15 is 0 Å². The topological polar surface area (TPSA) is 33.0 Å². The maximum Gasteiger partial charge on any atom is 0.0689 e. The Hall–Kier alpha value is -0.550. The smallest absolute Gasteiger partial charge is 0.0689 e. The summed E-state index contributed by atoms with van der Waals surface area (Å²) in [6.45, 7) is 0.795. The largest absolute Gasteiger partial charge is 0.385 e. The minimum absolute atomic E-state index is 0.00319. The van der Waals surface area contributed by atoms with Crippen LogP contribution in [-0.4, -0.2) is 13.7 Å². The van der Waals surface area contributed by atoms with E-state index in [9.17, 15) is 0 Å². The Morgan fingerprint density at radius 1 is 1.31 bits per heavy atom. The van der Waals surface area contributed by atoms with Gasteiger partial charge >= 0.3 is 0 Å². The molecule has 0 saturated heterocycles. The molecule has 2 heteroatoms. The normalized spacial score (nSPS) is 20.9. The first kappa shape index (κ1) is 10.5. The lowest BCUT2D eigenvalue weighted by Crippen LogP contribution is -2.22. The molecule has 1 rings (SSSR count). The van der Waals surface area contributed by atoms with Gasteiger partial charge in [0, 0.05) is 13.7 Å². The predicted octanol–water partition coefficient (Wildman–Crippen LogP) is 2.89. The third kappa shape index (κ3) is 3.00. The Morgan fingerprint density at radius 3 is 2.54 bits per heavy atom. The first-order valence-corrected chi connectivity index (χ1v) is 5.23. The monoisotopic (exact) mass is 181 g/mol. The van der Waals surface area contributed by atoms with E-state index in [1.165, 1.54) is 19.3 Å². The fourth-order valence-corrected chi connectivity index (χ4v) is 2.20. The van der Waals surface area contributed by atoms with Gasteiger partial charge in [-0.2, -0.15) is 5.26 Å². The fraction of sp³-hybridized carbons (Fsp3) is 0.909. The van der Waals surface area contributed by atoms with Crippen molar-refractivity contribution in [1.82, 2.24) is 0 Å². The van der Waals surface area contributed by atoms with Crippen molar-refractivity contribution in [2.75, 3.05) is 13.7 Å². The average molecular weight is 181 g/mol. The number of methoxy groups -OCH3 is 1. The zero-order valence-corrected chi connectivity index (χ0v) is 8.51. The van der Waals surface area contributed by atoms with Crippen LogP contribution in [0.5, 0.6) is 0 Å². The number of ether oxygens (including phenoxy) is 1. The second-order valence-corrected chi connectivity index (χ2v) is 4.05. The lowest BCUT2D eigenvalue weighted by molar-refractivity contribution is 0.165. The number of rotatable bonds is 4. The zero-order chi connectivity index (χ0) is 9.57. The first-order chi connectivity index (χ1) is 6.33. The molecule has 0 atom stereocenters. The molecule has 1 saturated carbocycles. The van der Waals surface area contributed by atoms with Crippen LogP contribution in [-0.2, 0) is 4.74 Å². The number of hydrogen-bond donors (Lipinski definition) is 0. The fourth-order valence-electron chi connectivity index (χ4n) is 2.20. The van der Waals surface area contributed by atoms with Gasteiger partial charge in [0.25, 0.3) is 0 Å². The van der Waals surface area contributed by atoms with E-state index < -0.39 is 0 Å². The summed E-state index contributed by atoms with van der Waals surface area (Å²) in [5.41, 5.74) is -0.00319. The maximum atomic E-state index is 9.15. The molecular weight excluding hydrogens is 162 g/mol. The molecule has 0 heterocycles. The quantitative estimate of drug-likeness (QED) is 0.625. The van der Waals surface area contributed by atoms with Gasteiger partial charge in [0.05, 0.1) is 11.5 Å². The average Bonchev–Trinajstić information content (AvgIpc) is 2.20. The van der Waals surface area contributed by atoms with Gasteiger partial charge in [-0.3, -0.25) is 0 Å². The summed E-state index contributed by atoms with van der Waals surface area (Å²) < 4.78 is 5.01. The van der Waals surface area contributed by atoms with E-state index in [2.05, 4.69) is 6.07 Å². The van der Waals surface area contributed by atoms with Gasteiger partial charge in [-0.25, -0.2) is 0 Å². The van der Waals surface area contributed by atoms with Crippen molar-refractivity contribution in [3.8, 4) is 6.07 Å². The molecule has 0 aromatic heterocycles. The molecule has 0 amide bonds. The summed E-state index contributed by atoms with van der Waals surface area (Å²) in [4.78, 5) is 0. The highest BCUT2D eigenvalue weighted by atomic mass is 16.5. The zero-order valence-electron chi connectivity index (χ0n) is 8.51. The van der Waals surface area contributed by atoms with Gasteiger partial charge in [-0.05, 0) is 25.7 Å². The molecule has 1 fully saturated rings. The van der Waals surface area contributed by atoms with Gasteiger partial charge in [-0.15, -0.1) is 0 Å². The number of nitrogens with zero attached hydrogens (tertiary/aromatic N) is 1. The van der Waals surface area contributed by atoms with Crippen molar-refractivity contribution < 1.29 is 4.74 Å². The Labute approximate surface area is 80.9 Å². The Kier molecular flexibility index (Phi) is 4.24. The van der Waals surface area contributed by atoms with Crippen LogP contribution >= 0.6 is 0 Å². The van der Waals surface area contributed by atoms with Crippen LogP contribution < -0.4 is 0 Å². The molecule has 13 heavy (non-hydrogen) atoms. The summed E-state index contributed by atoms with van der Waals surface area (Å²) in [5.74, 6) is 0. The van der Waals surface area contributed by atoms with E-state index in [1.807, 2.05) is 0 Å². The molecule has 0 spiro atoms. The van der Waals surface area contributed by atoms with Crippen molar-refractivity contribution >= 4 is 0 Å². The van der Waals surface area contributed by atoms with Crippen molar-refractivity contribution in [3.63, 3.8) is 0 Å². The van der Waals surface area contributed by atoms with E-state index in [0.717, 1.165) is 32.3 Å². The van der Waals surface area contributed by atoms with Crippen LogP contribution in [0.4, 0.5) is 0 Å². The predicted molar refractivity (Wildman–Crippen MR) is 52.2 cm³/mol. The second-order valence-electron chi connectivity index (χ2n) is 4.05. The molecule has 0 bridgehead atoms.